The van der Waals surface area contributed by atoms with Crippen LogP contribution < -0.4 is 10.6 Å². The lowest BCUT2D eigenvalue weighted by Gasteiger charge is -2.13. The van der Waals surface area contributed by atoms with Crippen LogP contribution >= 0.6 is 0 Å². The Labute approximate surface area is 139 Å². The Balaban J connectivity index is 1.77. The van der Waals surface area contributed by atoms with Crippen LogP contribution in [0.2, 0.25) is 0 Å². The summed E-state index contributed by atoms with van der Waals surface area (Å²) in [7, 11) is 0. The van der Waals surface area contributed by atoms with Gasteiger partial charge in [-0.15, -0.1) is 0 Å². The van der Waals surface area contributed by atoms with Gasteiger partial charge < -0.3 is 10.6 Å². The number of nitrogens with zero attached hydrogens (tertiary/aromatic N) is 2. The molecule has 1 amide bonds. The minimum atomic E-state index is -0.124. The van der Waals surface area contributed by atoms with Crippen LogP contribution in [-0.2, 0) is 0 Å². The fraction of sp³-hybridized carbons (Fsp3) is 0.611. The standard InChI is InChI=1S/C18H28N4O/c1-2-3-7-12-19-17(23)16-11-14-21-18(22-16)20-13-10-15-8-5-4-6-9-15/h8,11,14H,2-7,9-10,12-13H2,1H3,(H,19,23)(H,20,21,22). The highest BCUT2D eigenvalue weighted by Crippen LogP contribution is 2.19. The van der Waals surface area contributed by atoms with Gasteiger partial charge in [0, 0.05) is 19.3 Å². The van der Waals surface area contributed by atoms with Gasteiger partial charge in [-0.1, -0.05) is 31.4 Å². The highest BCUT2D eigenvalue weighted by molar-refractivity contribution is 5.92. The molecule has 0 unspecified atom stereocenters. The SMILES string of the molecule is CCCCCNC(=O)c1ccnc(NCCC2=CCCCC2)n1. The first-order chi connectivity index (χ1) is 11.3. The summed E-state index contributed by atoms with van der Waals surface area (Å²) in [6, 6.07) is 1.66. The number of unbranched alkanes of at least 4 members (excludes halogenated alkanes) is 2. The van der Waals surface area contributed by atoms with E-state index in [1.807, 2.05) is 0 Å². The summed E-state index contributed by atoms with van der Waals surface area (Å²) >= 11 is 0. The normalized spacial score (nSPS) is 14.2. The molecule has 1 aromatic heterocycles. The summed E-state index contributed by atoms with van der Waals surface area (Å²) in [6.07, 6.45) is 13.3. The quantitative estimate of drug-likeness (QED) is 0.538. The van der Waals surface area contributed by atoms with Crippen molar-refractivity contribution in [3.8, 4) is 0 Å². The second-order valence-corrected chi connectivity index (χ2v) is 6.01. The van der Waals surface area contributed by atoms with Gasteiger partial charge in [0.2, 0.25) is 5.95 Å². The molecule has 0 fully saturated rings. The van der Waals surface area contributed by atoms with Gasteiger partial charge in [0.1, 0.15) is 5.69 Å². The molecule has 5 heteroatoms. The molecule has 1 heterocycles. The maximum atomic E-state index is 12.0. The van der Waals surface area contributed by atoms with Crippen LogP contribution in [0.15, 0.2) is 23.9 Å². The fourth-order valence-electron chi connectivity index (χ4n) is 2.70. The second-order valence-electron chi connectivity index (χ2n) is 6.01. The van der Waals surface area contributed by atoms with Gasteiger partial charge in [0.25, 0.3) is 5.91 Å². The first-order valence-electron chi connectivity index (χ1n) is 8.82. The monoisotopic (exact) mass is 316 g/mol. The Morgan fingerprint density at radius 2 is 2.17 bits per heavy atom. The predicted octanol–water partition coefficient (Wildman–Crippen LogP) is 3.70. The van der Waals surface area contributed by atoms with Gasteiger partial charge in [-0.3, -0.25) is 4.79 Å². The largest absolute Gasteiger partial charge is 0.354 e. The van der Waals surface area contributed by atoms with E-state index in [9.17, 15) is 4.79 Å². The molecule has 126 valence electrons. The van der Waals surface area contributed by atoms with Crippen molar-refractivity contribution in [2.75, 3.05) is 18.4 Å². The zero-order valence-electron chi connectivity index (χ0n) is 14.1. The predicted molar refractivity (Wildman–Crippen MR) is 93.5 cm³/mol. The summed E-state index contributed by atoms with van der Waals surface area (Å²) in [5.41, 5.74) is 1.95. The minimum absolute atomic E-state index is 0.124. The first kappa shape index (κ1) is 17.4. The molecule has 0 spiro atoms. The van der Waals surface area contributed by atoms with Gasteiger partial charge in [-0.05, 0) is 44.6 Å². The highest BCUT2D eigenvalue weighted by atomic mass is 16.1. The summed E-state index contributed by atoms with van der Waals surface area (Å²) in [6.45, 7) is 3.66. The lowest BCUT2D eigenvalue weighted by atomic mass is 9.97. The van der Waals surface area contributed by atoms with E-state index in [1.54, 1.807) is 12.3 Å². The van der Waals surface area contributed by atoms with E-state index in [2.05, 4.69) is 33.6 Å². The van der Waals surface area contributed by atoms with Crippen LogP contribution in [0.1, 0.15) is 68.8 Å². The Bertz CT molecular complexity index is 528. The summed E-state index contributed by atoms with van der Waals surface area (Å²) in [4.78, 5) is 20.5. The van der Waals surface area contributed by atoms with E-state index >= 15 is 0 Å². The third-order valence-electron chi connectivity index (χ3n) is 4.07. The van der Waals surface area contributed by atoms with E-state index in [-0.39, 0.29) is 5.91 Å². The van der Waals surface area contributed by atoms with E-state index < -0.39 is 0 Å². The molecule has 2 N–H and O–H groups in total. The number of carbonyl (C=O) groups excluding carboxylic acids is 1. The lowest BCUT2D eigenvalue weighted by molar-refractivity contribution is 0.0948. The number of rotatable bonds is 9. The molecule has 0 aliphatic heterocycles. The number of carbonyl (C=O) groups is 1. The van der Waals surface area contributed by atoms with Gasteiger partial charge in [0.05, 0.1) is 0 Å². The molecule has 1 aliphatic rings. The third kappa shape index (κ3) is 6.38. The Kier molecular flexibility index (Phi) is 7.57. The molecule has 0 atom stereocenters. The van der Waals surface area contributed by atoms with Gasteiger partial charge in [-0.25, -0.2) is 9.97 Å². The number of allylic oxidation sites excluding steroid dienone is 1. The fourth-order valence-corrected chi connectivity index (χ4v) is 2.70. The van der Waals surface area contributed by atoms with Crippen molar-refractivity contribution in [1.82, 2.24) is 15.3 Å². The molecule has 0 aromatic carbocycles. The average molecular weight is 316 g/mol. The summed E-state index contributed by atoms with van der Waals surface area (Å²) in [5, 5.41) is 6.12. The van der Waals surface area contributed by atoms with Crippen LogP contribution in [-0.4, -0.2) is 29.0 Å². The molecule has 5 nitrogen and oxygen atoms in total. The number of hydrogen-bond acceptors (Lipinski definition) is 4. The van der Waals surface area contributed by atoms with Crippen molar-refractivity contribution in [3.63, 3.8) is 0 Å². The van der Waals surface area contributed by atoms with Crippen molar-refractivity contribution in [2.24, 2.45) is 0 Å². The molecule has 23 heavy (non-hydrogen) atoms. The number of nitrogens with one attached hydrogen (secondary N) is 2. The molecule has 0 radical (unpaired) electrons. The van der Waals surface area contributed by atoms with E-state index in [0.717, 1.165) is 32.2 Å². The minimum Gasteiger partial charge on any atom is -0.354 e. The van der Waals surface area contributed by atoms with E-state index in [0.29, 0.717) is 18.2 Å². The first-order valence-corrected chi connectivity index (χ1v) is 8.82. The molecule has 0 bridgehead atoms. The van der Waals surface area contributed by atoms with Crippen molar-refractivity contribution >= 4 is 11.9 Å². The lowest BCUT2D eigenvalue weighted by Crippen LogP contribution is -2.25. The van der Waals surface area contributed by atoms with Gasteiger partial charge in [0.15, 0.2) is 0 Å². The maximum absolute atomic E-state index is 12.0. The van der Waals surface area contributed by atoms with Crippen LogP contribution in [0, 0.1) is 0 Å². The average Bonchev–Trinajstić information content (AvgIpc) is 2.60. The zero-order chi connectivity index (χ0) is 16.3. The number of aromatic nitrogens is 2. The Hall–Kier alpha value is -1.91. The molecule has 1 aliphatic carbocycles. The zero-order valence-corrected chi connectivity index (χ0v) is 14.1. The van der Waals surface area contributed by atoms with Gasteiger partial charge in [-0.2, -0.15) is 0 Å². The van der Waals surface area contributed by atoms with Crippen LogP contribution in [0.5, 0.6) is 0 Å². The third-order valence-corrected chi connectivity index (χ3v) is 4.07. The van der Waals surface area contributed by atoms with Crippen LogP contribution in [0.3, 0.4) is 0 Å². The molecule has 2 rings (SSSR count). The Morgan fingerprint density at radius 1 is 1.26 bits per heavy atom. The topological polar surface area (TPSA) is 66.9 Å². The number of hydrogen-bond donors (Lipinski definition) is 2. The smallest absolute Gasteiger partial charge is 0.270 e. The second kappa shape index (κ2) is 9.98. The summed E-state index contributed by atoms with van der Waals surface area (Å²) in [5.74, 6) is 0.407. The van der Waals surface area contributed by atoms with Crippen molar-refractivity contribution in [3.05, 3.63) is 29.6 Å². The van der Waals surface area contributed by atoms with Gasteiger partial charge >= 0.3 is 0 Å². The molecule has 1 aromatic rings. The molecule has 0 saturated heterocycles. The van der Waals surface area contributed by atoms with Crippen LogP contribution in [0.4, 0.5) is 5.95 Å². The maximum Gasteiger partial charge on any atom is 0.270 e. The number of amides is 1. The van der Waals surface area contributed by atoms with E-state index in [4.69, 9.17) is 0 Å². The summed E-state index contributed by atoms with van der Waals surface area (Å²) < 4.78 is 0. The number of anilines is 1. The van der Waals surface area contributed by atoms with E-state index in [1.165, 1.54) is 31.3 Å². The molecular formula is C18H28N4O. The van der Waals surface area contributed by atoms with Crippen molar-refractivity contribution < 1.29 is 4.79 Å². The molecule has 0 saturated carbocycles. The molecular weight excluding hydrogens is 288 g/mol. The van der Waals surface area contributed by atoms with Crippen LogP contribution in [0.25, 0.3) is 0 Å². The Morgan fingerprint density at radius 3 is 2.96 bits per heavy atom. The highest BCUT2D eigenvalue weighted by Gasteiger charge is 2.08. The van der Waals surface area contributed by atoms with Crippen molar-refractivity contribution in [1.29, 1.82) is 0 Å². The van der Waals surface area contributed by atoms with Crippen molar-refractivity contribution in [2.45, 2.75) is 58.3 Å².